The van der Waals surface area contributed by atoms with Gasteiger partial charge in [-0.05, 0) is 50.1 Å². The summed E-state index contributed by atoms with van der Waals surface area (Å²) in [6.45, 7) is 9.87. The minimum absolute atomic E-state index is 0.00718. The Bertz CT molecular complexity index is 876. The van der Waals surface area contributed by atoms with Crippen LogP contribution in [-0.2, 0) is 25.8 Å². The van der Waals surface area contributed by atoms with Crippen LogP contribution in [0.25, 0.3) is 0 Å². The first-order chi connectivity index (χ1) is 13.7. The van der Waals surface area contributed by atoms with Crippen LogP contribution in [-0.4, -0.2) is 74.6 Å². The molecule has 0 bridgehead atoms. The average molecular weight is 422 g/mol. The fourth-order valence-corrected chi connectivity index (χ4v) is 5.53. The number of hydrogen-bond acceptors (Lipinski definition) is 5. The zero-order chi connectivity index (χ0) is 21.2. The third-order valence-electron chi connectivity index (χ3n) is 5.91. The van der Waals surface area contributed by atoms with Gasteiger partial charge in [-0.3, -0.25) is 14.5 Å². The normalized spacial score (nSPS) is 18.6. The van der Waals surface area contributed by atoms with E-state index in [4.69, 9.17) is 0 Å². The van der Waals surface area contributed by atoms with Crippen LogP contribution in [0.1, 0.15) is 39.2 Å². The van der Waals surface area contributed by atoms with Gasteiger partial charge < -0.3 is 9.80 Å². The van der Waals surface area contributed by atoms with E-state index >= 15 is 0 Å². The highest BCUT2D eigenvalue weighted by molar-refractivity contribution is 7.92. The maximum atomic E-state index is 13.0. The lowest BCUT2D eigenvalue weighted by Gasteiger charge is -2.35. The molecule has 1 fully saturated rings. The van der Waals surface area contributed by atoms with Crippen molar-refractivity contribution in [1.29, 1.82) is 0 Å². The zero-order valence-electron chi connectivity index (χ0n) is 17.6. The van der Waals surface area contributed by atoms with Gasteiger partial charge >= 0.3 is 0 Å². The molecule has 7 nitrogen and oxygen atoms in total. The summed E-state index contributed by atoms with van der Waals surface area (Å²) in [7, 11) is -3.61. The Labute approximate surface area is 173 Å². The highest BCUT2D eigenvalue weighted by atomic mass is 32.2. The molecule has 29 heavy (non-hydrogen) atoms. The minimum Gasteiger partial charge on any atom is -0.340 e. The van der Waals surface area contributed by atoms with E-state index in [0.717, 1.165) is 37.3 Å². The standard InChI is InChI=1S/C21H31N3O4S/c1-4-8-22-10-12-23(13-11-22)21(26)14-16(2)29(27,28)19-5-6-20-18(15-19)7-9-24(20)17(3)25/h5-6,15-16H,4,7-14H2,1-3H3/t16-/m0/s1. The van der Waals surface area contributed by atoms with Crippen molar-refractivity contribution in [3.63, 3.8) is 0 Å². The lowest BCUT2D eigenvalue weighted by molar-refractivity contribution is -0.132. The van der Waals surface area contributed by atoms with E-state index in [0.29, 0.717) is 26.1 Å². The first kappa shape index (κ1) is 21.8. The van der Waals surface area contributed by atoms with Gasteiger partial charge in [-0.1, -0.05) is 6.92 Å². The summed E-state index contributed by atoms with van der Waals surface area (Å²) in [6, 6.07) is 4.93. The highest BCUT2D eigenvalue weighted by Crippen LogP contribution is 2.31. The van der Waals surface area contributed by atoms with Crippen LogP contribution in [0, 0.1) is 0 Å². The summed E-state index contributed by atoms with van der Waals surface area (Å²) in [5, 5.41) is -0.785. The lowest BCUT2D eigenvalue weighted by Crippen LogP contribution is -2.49. The first-order valence-corrected chi connectivity index (χ1v) is 11.9. The molecule has 2 amide bonds. The summed E-state index contributed by atoms with van der Waals surface area (Å²) in [4.78, 5) is 30.4. The molecule has 2 aliphatic heterocycles. The molecule has 0 N–H and O–H groups in total. The number of benzene rings is 1. The van der Waals surface area contributed by atoms with Crippen LogP contribution in [0.4, 0.5) is 5.69 Å². The quantitative estimate of drug-likeness (QED) is 0.699. The van der Waals surface area contributed by atoms with Crippen molar-refractivity contribution in [3.8, 4) is 0 Å². The number of anilines is 1. The third-order valence-corrected chi connectivity index (χ3v) is 8.05. The monoisotopic (exact) mass is 421 g/mol. The Hall–Kier alpha value is -1.93. The lowest BCUT2D eigenvalue weighted by atomic mass is 10.2. The molecule has 0 spiro atoms. The van der Waals surface area contributed by atoms with Gasteiger partial charge in [0.15, 0.2) is 9.84 Å². The van der Waals surface area contributed by atoms with Crippen LogP contribution in [0.15, 0.2) is 23.1 Å². The second-order valence-corrected chi connectivity index (χ2v) is 10.4. The largest absolute Gasteiger partial charge is 0.340 e. The number of fused-ring (bicyclic) bond motifs is 1. The SMILES string of the molecule is CCCN1CCN(C(=O)C[C@H](C)S(=O)(=O)c2ccc3c(c2)CCN3C(C)=O)CC1. The van der Waals surface area contributed by atoms with Crippen molar-refractivity contribution in [1.82, 2.24) is 9.80 Å². The number of carbonyl (C=O) groups excluding carboxylic acids is 2. The molecule has 1 aromatic rings. The van der Waals surface area contributed by atoms with Gasteiger partial charge in [0.2, 0.25) is 11.8 Å². The molecule has 1 aromatic carbocycles. The Balaban J connectivity index is 1.65. The van der Waals surface area contributed by atoms with Gasteiger partial charge in [-0.15, -0.1) is 0 Å². The summed E-state index contributed by atoms with van der Waals surface area (Å²) >= 11 is 0. The number of nitrogens with zero attached hydrogens (tertiary/aromatic N) is 3. The van der Waals surface area contributed by atoms with Crippen LogP contribution in [0.2, 0.25) is 0 Å². The Kier molecular flexibility index (Phi) is 6.63. The summed E-state index contributed by atoms with van der Waals surface area (Å²) in [6.07, 6.45) is 1.73. The van der Waals surface area contributed by atoms with Crippen molar-refractivity contribution in [3.05, 3.63) is 23.8 Å². The van der Waals surface area contributed by atoms with E-state index in [1.165, 1.54) is 6.92 Å². The Morgan fingerprint density at radius 1 is 1.10 bits per heavy atom. The number of sulfone groups is 1. The molecule has 8 heteroatoms. The number of amides is 2. The van der Waals surface area contributed by atoms with Gasteiger partial charge in [0.1, 0.15) is 0 Å². The maximum Gasteiger partial charge on any atom is 0.223 e. The van der Waals surface area contributed by atoms with Gasteiger partial charge in [-0.25, -0.2) is 8.42 Å². The van der Waals surface area contributed by atoms with E-state index in [1.807, 2.05) is 0 Å². The maximum absolute atomic E-state index is 13.0. The number of piperazine rings is 1. The fourth-order valence-electron chi connectivity index (χ4n) is 4.14. The van der Waals surface area contributed by atoms with Gasteiger partial charge in [0.05, 0.1) is 10.1 Å². The highest BCUT2D eigenvalue weighted by Gasteiger charge is 2.31. The van der Waals surface area contributed by atoms with Crippen molar-refractivity contribution in [2.75, 3.05) is 44.2 Å². The smallest absolute Gasteiger partial charge is 0.223 e. The van der Waals surface area contributed by atoms with Crippen molar-refractivity contribution >= 4 is 27.3 Å². The third kappa shape index (κ3) is 4.64. The van der Waals surface area contributed by atoms with Crippen molar-refractivity contribution < 1.29 is 18.0 Å². The summed E-state index contributed by atoms with van der Waals surface area (Å²) in [5.41, 5.74) is 1.65. The van der Waals surface area contributed by atoms with E-state index in [-0.39, 0.29) is 23.1 Å². The zero-order valence-corrected chi connectivity index (χ0v) is 18.4. The second kappa shape index (κ2) is 8.83. The number of carbonyl (C=O) groups is 2. The molecule has 0 saturated carbocycles. The van der Waals surface area contributed by atoms with Crippen LogP contribution in [0.3, 0.4) is 0 Å². The van der Waals surface area contributed by atoms with E-state index < -0.39 is 15.1 Å². The molecule has 2 heterocycles. The van der Waals surface area contributed by atoms with Gasteiger partial charge in [-0.2, -0.15) is 0 Å². The Morgan fingerprint density at radius 2 is 1.79 bits per heavy atom. The Morgan fingerprint density at radius 3 is 2.41 bits per heavy atom. The van der Waals surface area contributed by atoms with Crippen LogP contribution >= 0.6 is 0 Å². The molecule has 0 aromatic heterocycles. The average Bonchev–Trinajstić information content (AvgIpc) is 3.12. The molecule has 3 rings (SSSR count). The fraction of sp³-hybridized carbons (Fsp3) is 0.619. The van der Waals surface area contributed by atoms with Crippen molar-refractivity contribution in [2.45, 2.75) is 50.2 Å². The molecule has 0 radical (unpaired) electrons. The topological polar surface area (TPSA) is 78.0 Å². The molecular formula is C21H31N3O4S. The second-order valence-electron chi connectivity index (χ2n) is 7.99. The molecule has 1 atom stereocenters. The predicted octanol–water partition coefficient (Wildman–Crippen LogP) is 1.70. The first-order valence-electron chi connectivity index (χ1n) is 10.4. The molecule has 0 unspecified atom stereocenters. The molecular weight excluding hydrogens is 390 g/mol. The van der Waals surface area contributed by atoms with Gasteiger partial charge in [0, 0.05) is 51.8 Å². The summed E-state index contributed by atoms with van der Waals surface area (Å²) < 4.78 is 26.1. The molecule has 2 aliphatic rings. The van der Waals surface area contributed by atoms with Crippen molar-refractivity contribution in [2.24, 2.45) is 0 Å². The van der Waals surface area contributed by atoms with Crippen LogP contribution in [0.5, 0.6) is 0 Å². The van der Waals surface area contributed by atoms with E-state index in [2.05, 4.69) is 11.8 Å². The number of hydrogen-bond donors (Lipinski definition) is 0. The molecule has 1 saturated heterocycles. The van der Waals surface area contributed by atoms with E-state index in [9.17, 15) is 18.0 Å². The molecule has 160 valence electrons. The molecule has 0 aliphatic carbocycles. The van der Waals surface area contributed by atoms with Gasteiger partial charge in [0.25, 0.3) is 0 Å². The predicted molar refractivity (Wildman–Crippen MR) is 113 cm³/mol. The summed E-state index contributed by atoms with van der Waals surface area (Å²) in [5.74, 6) is -0.140. The van der Waals surface area contributed by atoms with E-state index in [1.54, 1.807) is 34.9 Å². The number of rotatable bonds is 6. The van der Waals surface area contributed by atoms with Crippen LogP contribution < -0.4 is 4.90 Å². The minimum atomic E-state index is -3.61.